The molecule has 2 rings (SSSR count). The summed E-state index contributed by atoms with van der Waals surface area (Å²) in [5.74, 6) is -0.125. The second-order valence-electron chi connectivity index (χ2n) is 6.16. The quantitative estimate of drug-likeness (QED) is 0.589. The zero-order chi connectivity index (χ0) is 21.4. The number of sulfonamides is 1. The minimum absolute atomic E-state index is 0.138. The lowest BCUT2D eigenvalue weighted by Gasteiger charge is -2.18. The van der Waals surface area contributed by atoms with Crippen molar-refractivity contribution in [1.29, 1.82) is 0 Å². The van der Waals surface area contributed by atoms with Gasteiger partial charge >= 0.3 is 0 Å². The molecule has 0 aliphatic heterocycles. The number of thioether (sulfide) groups is 1. The van der Waals surface area contributed by atoms with E-state index in [1.54, 1.807) is 38.1 Å². The first-order valence-corrected chi connectivity index (χ1v) is 11.6. The van der Waals surface area contributed by atoms with E-state index in [1.807, 2.05) is 12.1 Å². The molecule has 0 saturated heterocycles. The average Bonchev–Trinajstić information content (AvgIpc) is 2.68. The molecule has 0 aliphatic rings. The number of carbonyl (C=O) groups excluding carboxylic acids is 2. The third-order valence-electron chi connectivity index (χ3n) is 4.03. The Morgan fingerprint density at radius 3 is 1.93 bits per heavy atom. The van der Waals surface area contributed by atoms with Gasteiger partial charge in [-0.3, -0.25) is 9.59 Å². The van der Waals surface area contributed by atoms with Crippen LogP contribution in [-0.4, -0.2) is 43.4 Å². The zero-order valence-corrected chi connectivity index (χ0v) is 18.3. The largest absolute Gasteiger partial charge is 0.326 e. The summed E-state index contributed by atoms with van der Waals surface area (Å²) in [6.45, 7) is 5.83. The molecule has 0 aromatic heterocycles. The van der Waals surface area contributed by atoms with Crippen LogP contribution < -0.4 is 10.6 Å². The van der Waals surface area contributed by atoms with Gasteiger partial charge in [-0.05, 0) is 48.5 Å². The fraction of sp³-hybridized carbons (Fsp3) is 0.300. The standard InChI is InChI=1S/C20H25N3O4S2/c1-4-23(5-2)29(26,27)19-12-8-17(9-13-19)22-20(25)14-28-18-10-6-16(7-11-18)21-15(3)24/h6-13H,4-5,14H2,1-3H3,(H,21,24)(H,22,25). The molecule has 29 heavy (non-hydrogen) atoms. The molecule has 0 saturated carbocycles. The lowest BCUT2D eigenvalue weighted by molar-refractivity contribution is -0.114. The van der Waals surface area contributed by atoms with E-state index in [2.05, 4.69) is 10.6 Å². The molecule has 0 radical (unpaired) electrons. The van der Waals surface area contributed by atoms with E-state index < -0.39 is 10.0 Å². The van der Waals surface area contributed by atoms with Crippen LogP contribution in [0.5, 0.6) is 0 Å². The van der Waals surface area contributed by atoms with Gasteiger partial charge in [0.2, 0.25) is 21.8 Å². The monoisotopic (exact) mass is 435 g/mol. The molecule has 0 heterocycles. The molecule has 7 nitrogen and oxygen atoms in total. The average molecular weight is 436 g/mol. The van der Waals surface area contributed by atoms with Gasteiger partial charge < -0.3 is 10.6 Å². The van der Waals surface area contributed by atoms with Crippen molar-refractivity contribution in [3.8, 4) is 0 Å². The summed E-state index contributed by atoms with van der Waals surface area (Å²) in [5.41, 5.74) is 1.24. The summed E-state index contributed by atoms with van der Waals surface area (Å²) in [6, 6.07) is 13.4. The molecule has 2 N–H and O–H groups in total. The fourth-order valence-electron chi connectivity index (χ4n) is 2.61. The number of amides is 2. The lowest BCUT2D eigenvalue weighted by atomic mass is 10.3. The molecule has 0 unspecified atom stereocenters. The highest BCUT2D eigenvalue weighted by Gasteiger charge is 2.21. The van der Waals surface area contributed by atoms with E-state index in [-0.39, 0.29) is 22.5 Å². The smallest absolute Gasteiger partial charge is 0.243 e. The molecule has 2 aromatic rings. The van der Waals surface area contributed by atoms with Crippen molar-refractivity contribution in [2.75, 3.05) is 29.5 Å². The minimum Gasteiger partial charge on any atom is -0.326 e. The van der Waals surface area contributed by atoms with Gasteiger partial charge in [0.15, 0.2) is 0 Å². The van der Waals surface area contributed by atoms with E-state index >= 15 is 0 Å². The Balaban J connectivity index is 1.91. The van der Waals surface area contributed by atoms with Crippen LogP contribution in [-0.2, 0) is 19.6 Å². The molecule has 0 atom stereocenters. The van der Waals surface area contributed by atoms with Crippen molar-refractivity contribution in [1.82, 2.24) is 4.31 Å². The number of rotatable bonds is 9. The summed E-state index contributed by atoms with van der Waals surface area (Å²) in [7, 11) is -3.51. The van der Waals surface area contributed by atoms with Crippen molar-refractivity contribution >= 4 is 45.0 Å². The third-order valence-corrected chi connectivity index (χ3v) is 7.10. The minimum atomic E-state index is -3.51. The van der Waals surface area contributed by atoms with Gasteiger partial charge in [-0.1, -0.05) is 13.8 Å². The van der Waals surface area contributed by atoms with Crippen LogP contribution in [0.25, 0.3) is 0 Å². The number of hydrogen-bond acceptors (Lipinski definition) is 5. The predicted molar refractivity (Wildman–Crippen MR) is 117 cm³/mol. The lowest BCUT2D eigenvalue weighted by Crippen LogP contribution is -2.30. The van der Waals surface area contributed by atoms with E-state index in [4.69, 9.17) is 0 Å². The maximum absolute atomic E-state index is 12.5. The SMILES string of the molecule is CCN(CC)S(=O)(=O)c1ccc(NC(=O)CSc2ccc(NC(C)=O)cc2)cc1. The molecule has 0 bridgehead atoms. The van der Waals surface area contributed by atoms with E-state index in [9.17, 15) is 18.0 Å². The molecular formula is C20H25N3O4S2. The maximum Gasteiger partial charge on any atom is 0.243 e. The van der Waals surface area contributed by atoms with Crippen molar-refractivity contribution < 1.29 is 18.0 Å². The molecule has 2 aromatic carbocycles. The highest BCUT2D eigenvalue weighted by molar-refractivity contribution is 8.00. The van der Waals surface area contributed by atoms with Crippen molar-refractivity contribution in [3.63, 3.8) is 0 Å². The molecule has 9 heteroatoms. The summed E-state index contributed by atoms with van der Waals surface area (Å²) >= 11 is 1.37. The number of carbonyl (C=O) groups is 2. The van der Waals surface area contributed by atoms with Crippen LogP contribution in [0.3, 0.4) is 0 Å². The number of nitrogens with zero attached hydrogens (tertiary/aromatic N) is 1. The number of hydrogen-bond donors (Lipinski definition) is 2. The van der Waals surface area contributed by atoms with Gasteiger partial charge in [-0.25, -0.2) is 8.42 Å². The third kappa shape index (κ3) is 6.59. The number of anilines is 2. The van der Waals surface area contributed by atoms with E-state index in [0.29, 0.717) is 24.5 Å². The Kier molecular flexibility index (Phi) is 8.24. The first kappa shape index (κ1) is 22.9. The fourth-order valence-corrected chi connectivity index (χ4v) is 4.76. The van der Waals surface area contributed by atoms with Gasteiger partial charge in [0.05, 0.1) is 10.6 Å². The number of benzene rings is 2. The second-order valence-corrected chi connectivity index (χ2v) is 9.14. The van der Waals surface area contributed by atoms with Crippen LogP contribution in [0, 0.1) is 0 Å². The van der Waals surface area contributed by atoms with Gasteiger partial charge in [0.25, 0.3) is 0 Å². The molecule has 0 aliphatic carbocycles. The predicted octanol–water partition coefficient (Wildman–Crippen LogP) is 3.41. The maximum atomic E-state index is 12.5. The van der Waals surface area contributed by atoms with Crippen LogP contribution in [0.1, 0.15) is 20.8 Å². The summed E-state index contributed by atoms with van der Waals surface area (Å²) in [5, 5.41) is 5.45. The normalized spacial score (nSPS) is 11.3. The molecule has 156 valence electrons. The van der Waals surface area contributed by atoms with Gasteiger partial charge in [0, 0.05) is 36.3 Å². The molecule has 0 fully saturated rings. The van der Waals surface area contributed by atoms with Gasteiger partial charge in [0.1, 0.15) is 0 Å². The first-order chi connectivity index (χ1) is 13.8. The summed E-state index contributed by atoms with van der Waals surface area (Å²) in [4.78, 5) is 24.3. The summed E-state index contributed by atoms with van der Waals surface area (Å²) in [6.07, 6.45) is 0. The Morgan fingerprint density at radius 2 is 1.41 bits per heavy atom. The highest BCUT2D eigenvalue weighted by Crippen LogP contribution is 2.22. The summed E-state index contributed by atoms with van der Waals surface area (Å²) < 4.78 is 26.3. The topological polar surface area (TPSA) is 95.6 Å². The highest BCUT2D eigenvalue weighted by atomic mass is 32.2. The Bertz CT molecular complexity index is 939. The molecule has 0 spiro atoms. The zero-order valence-electron chi connectivity index (χ0n) is 16.6. The van der Waals surface area contributed by atoms with E-state index in [1.165, 1.54) is 35.1 Å². The van der Waals surface area contributed by atoms with Crippen LogP contribution in [0.15, 0.2) is 58.3 Å². The Hall–Kier alpha value is -2.36. The van der Waals surface area contributed by atoms with Crippen LogP contribution >= 0.6 is 11.8 Å². The molecular weight excluding hydrogens is 410 g/mol. The Morgan fingerprint density at radius 1 is 0.897 bits per heavy atom. The number of nitrogens with one attached hydrogen (secondary N) is 2. The van der Waals surface area contributed by atoms with Gasteiger partial charge in [-0.15, -0.1) is 11.8 Å². The van der Waals surface area contributed by atoms with Crippen LogP contribution in [0.4, 0.5) is 11.4 Å². The van der Waals surface area contributed by atoms with Gasteiger partial charge in [-0.2, -0.15) is 4.31 Å². The first-order valence-electron chi connectivity index (χ1n) is 9.16. The Labute approximate surface area is 175 Å². The second kappa shape index (κ2) is 10.4. The van der Waals surface area contributed by atoms with Crippen molar-refractivity contribution in [3.05, 3.63) is 48.5 Å². The molecule has 2 amide bonds. The van der Waals surface area contributed by atoms with Crippen molar-refractivity contribution in [2.24, 2.45) is 0 Å². The van der Waals surface area contributed by atoms with Crippen molar-refractivity contribution in [2.45, 2.75) is 30.6 Å². The van der Waals surface area contributed by atoms with Crippen LogP contribution in [0.2, 0.25) is 0 Å². The van der Waals surface area contributed by atoms with E-state index in [0.717, 1.165) is 4.90 Å².